The lowest BCUT2D eigenvalue weighted by Crippen LogP contribution is -2.26. The zero-order chi connectivity index (χ0) is 59.8. The lowest BCUT2D eigenvalue weighted by Gasteiger charge is -2.37. The molecule has 12 aromatic rings. The molecule has 1 heteroatoms. The summed E-state index contributed by atoms with van der Waals surface area (Å²) in [7, 11) is 0. The average molecular weight is 1130 g/mol. The van der Waals surface area contributed by atoms with Crippen LogP contribution >= 0.6 is 0 Å². The SMILES string of the molecule is CC(C)(C)CC(c1ccccc1-c1ccc2c(c1)C1(c3ccccc3-c3ccc(-c4ccc(-c5ccc6c(c5)Cc5cc(N(c7ccc(-c8ccccc8)cc7)c7ccc8c(c7)C(C)(C)c7ccccc7-8)ccc5-6)cc4)cc31)c1ccccc1-2)C(C)(C)C. The summed E-state index contributed by atoms with van der Waals surface area (Å²) >= 11 is 0. The van der Waals surface area contributed by atoms with Gasteiger partial charge in [0.1, 0.15) is 0 Å². The lowest BCUT2D eigenvalue weighted by atomic mass is 9.67. The highest BCUT2D eigenvalue weighted by Gasteiger charge is 2.52. The van der Waals surface area contributed by atoms with Gasteiger partial charge < -0.3 is 4.90 Å². The predicted molar refractivity (Wildman–Crippen MR) is 371 cm³/mol. The fourth-order valence-corrected chi connectivity index (χ4v) is 16.1. The van der Waals surface area contributed by atoms with E-state index in [0.717, 1.165) is 24.2 Å². The number of benzene rings is 12. The number of nitrogens with zero attached hydrogens (tertiary/aromatic N) is 1. The summed E-state index contributed by atoms with van der Waals surface area (Å²) in [6, 6.07) is 102. The highest BCUT2D eigenvalue weighted by molar-refractivity contribution is 5.97. The lowest BCUT2D eigenvalue weighted by molar-refractivity contribution is 0.229. The van der Waals surface area contributed by atoms with Crippen molar-refractivity contribution in [2.45, 2.75) is 85.0 Å². The maximum absolute atomic E-state index is 2.57. The number of hydrogen-bond donors (Lipinski definition) is 0. The first-order chi connectivity index (χ1) is 42.6. The van der Waals surface area contributed by atoms with Crippen molar-refractivity contribution in [3.63, 3.8) is 0 Å². The van der Waals surface area contributed by atoms with Crippen LogP contribution in [-0.4, -0.2) is 0 Å². The van der Waals surface area contributed by atoms with E-state index < -0.39 is 5.41 Å². The van der Waals surface area contributed by atoms with Gasteiger partial charge in [-0.1, -0.05) is 274 Å². The number of rotatable bonds is 9. The second kappa shape index (κ2) is 20.0. The molecule has 2 unspecified atom stereocenters. The van der Waals surface area contributed by atoms with E-state index in [4.69, 9.17) is 0 Å². The molecule has 2 atom stereocenters. The highest BCUT2D eigenvalue weighted by atomic mass is 15.1. The molecule has 4 aliphatic rings. The minimum atomic E-state index is -0.477. The topological polar surface area (TPSA) is 3.24 Å². The Morgan fingerprint density at radius 3 is 1.33 bits per heavy atom. The molecular weight excluding hydrogens is 1060 g/mol. The zero-order valence-electron chi connectivity index (χ0n) is 51.8. The molecule has 1 spiro atoms. The summed E-state index contributed by atoms with van der Waals surface area (Å²) in [5.41, 5.74) is 36.1. The van der Waals surface area contributed by atoms with Crippen molar-refractivity contribution in [2.75, 3.05) is 4.90 Å². The van der Waals surface area contributed by atoms with E-state index in [1.54, 1.807) is 0 Å². The van der Waals surface area contributed by atoms with E-state index in [1.165, 1.54) is 145 Å². The summed E-state index contributed by atoms with van der Waals surface area (Å²) in [5, 5.41) is 0. The van der Waals surface area contributed by atoms with Crippen LogP contribution in [-0.2, 0) is 17.3 Å². The van der Waals surface area contributed by atoms with Crippen LogP contribution in [0.4, 0.5) is 17.1 Å². The van der Waals surface area contributed by atoms with Crippen molar-refractivity contribution < 1.29 is 0 Å². The highest BCUT2D eigenvalue weighted by Crippen LogP contribution is 2.64. The third-order valence-electron chi connectivity index (χ3n) is 20.3. The summed E-state index contributed by atoms with van der Waals surface area (Å²) < 4.78 is 0. The Morgan fingerprint density at radius 2 is 0.716 bits per heavy atom. The van der Waals surface area contributed by atoms with Gasteiger partial charge in [0.2, 0.25) is 0 Å². The van der Waals surface area contributed by atoms with E-state index >= 15 is 0 Å². The Kier molecular flexibility index (Phi) is 12.2. The molecule has 0 bridgehead atoms. The molecular formula is C87H73N. The van der Waals surface area contributed by atoms with Crippen molar-refractivity contribution in [2.24, 2.45) is 10.8 Å². The maximum atomic E-state index is 2.57. The largest absolute Gasteiger partial charge is 0.310 e. The van der Waals surface area contributed by atoms with Crippen LogP contribution in [0.2, 0.25) is 0 Å². The number of hydrogen-bond acceptors (Lipinski definition) is 1. The van der Waals surface area contributed by atoms with E-state index in [0.29, 0.717) is 5.92 Å². The number of fused-ring (bicyclic) bond motifs is 16. The summed E-state index contributed by atoms with van der Waals surface area (Å²) in [5.74, 6) is 0.390. The van der Waals surface area contributed by atoms with Crippen LogP contribution < -0.4 is 4.90 Å². The van der Waals surface area contributed by atoms with E-state index in [1.807, 2.05) is 0 Å². The van der Waals surface area contributed by atoms with Gasteiger partial charge in [0.25, 0.3) is 0 Å². The normalized spacial score (nSPS) is 15.6. The molecule has 0 aliphatic heterocycles. The average Bonchev–Trinajstić information content (AvgIpc) is 1.52. The molecule has 0 heterocycles. The molecule has 1 nitrogen and oxygen atoms in total. The fourth-order valence-electron chi connectivity index (χ4n) is 16.1. The first-order valence-electron chi connectivity index (χ1n) is 31.8. The molecule has 4 aliphatic carbocycles. The van der Waals surface area contributed by atoms with E-state index in [9.17, 15) is 0 Å². The molecule has 0 saturated carbocycles. The van der Waals surface area contributed by atoms with E-state index in [-0.39, 0.29) is 16.2 Å². The molecule has 0 saturated heterocycles. The standard InChI is InChI=1S/C87H73N/c1-84(2,3)54-83(85(4,5)6)70-23-13-12-22-67(70)61-38-45-76-73-26-16-19-29-79(73)87(82(76)52-61)78-28-18-15-25-72(78)75-44-37-60(51-81(75)87)58-32-30-57(31-33-58)59-36-43-68-62(48-59)49-63-50-65(41-46-69(63)68)88(64-39-34-56(35-40-64)55-20-10-9-11-21-55)66-42-47-74-71-24-14-17-27-77(71)86(7,8)80(74)53-66/h9-48,50-53,83H,49,54H2,1-8H3. The van der Waals surface area contributed by atoms with Gasteiger partial charge in [0.15, 0.2) is 0 Å². The minimum Gasteiger partial charge on any atom is -0.310 e. The fraction of sp³-hybridized carbons (Fsp3) is 0.172. The molecule has 0 amide bonds. The monoisotopic (exact) mass is 1130 g/mol. The second-order valence-electron chi connectivity index (χ2n) is 28.2. The Labute approximate surface area is 520 Å². The van der Waals surface area contributed by atoms with Gasteiger partial charge in [-0.3, -0.25) is 0 Å². The summed E-state index contributed by atoms with van der Waals surface area (Å²) in [4.78, 5) is 2.46. The van der Waals surface area contributed by atoms with Gasteiger partial charge >= 0.3 is 0 Å². The minimum absolute atomic E-state index is 0.0911. The Morgan fingerprint density at radius 1 is 0.318 bits per heavy atom. The molecule has 88 heavy (non-hydrogen) atoms. The molecule has 0 N–H and O–H groups in total. The van der Waals surface area contributed by atoms with Crippen molar-refractivity contribution in [3.05, 3.63) is 317 Å². The van der Waals surface area contributed by atoms with Crippen LogP contribution in [0, 0.1) is 10.8 Å². The summed E-state index contributed by atoms with van der Waals surface area (Å²) in [6.45, 7) is 19.2. The first kappa shape index (κ1) is 53.9. The quantitative estimate of drug-likeness (QED) is 0.139. The molecule has 16 rings (SSSR count). The third-order valence-corrected chi connectivity index (χ3v) is 20.3. The Hall–Kier alpha value is -9.56. The molecule has 426 valence electrons. The predicted octanol–water partition coefficient (Wildman–Crippen LogP) is 23.6. The van der Waals surface area contributed by atoms with Gasteiger partial charge in [-0.2, -0.15) is 0 Å². The maximum Gasteiger partial charge on any atom is 0.0725 e. The van der Waals surface area contributed by atoms with Gasteiger partial charge in [-0.25, -0.2) is 0 Å². The van der Waals surface area contributed by atoms with Crippen LogP contribution in [0.1, 0.15) is 118 Å². The molecule has 0 radical (unpaired) electrons. The van der Waals surface area contributed by atoms with Crippen molar-refractivity contribution in [3.8, 4) is 89.0 Å². The Bertz CT molecular complexity index is 4760. The molecule has 0 aromatic heterocycles. The van der Waals surface area contributed by atoms with Gasteiger partial charge in [0.05, 0.1) is 5.41 Å². The van der Waals surface area contributed by atoms with Gasteiger partial charge in [-0.05, 0) is 217 Å². The van der Waals surface area contributed by atoms with Crippen LogP contribution in [0.3, 0.4) is 0 Å². The Balaban J connectivity index is 0.730. The third kappa shape index (κ3) is 8.48. The van der Waals surface area contributed by atoms with Gasteiger partial charge in [-0.15, -0.1) is 0 Å². The number of anilines is 3. The second-order valence-corrected chi connectivity index (χ2v) is 28.2. The zero-order valence-corrected chi connectivity index (χ0v) is 51.8. The van der Waals surface area contributed by atoms with Crippen LogP contribution in [0.25, 0.3) is 89.0 Å². The van der Waals surface area contributed by atoms with Crippen LogP contribution in [0.15, 0.2) is 267 Å². The first-order valence-corrected chi connectivity index (χ1v) is 31.8. The smallest absolute Gasteiger partial charge is 0.0725 e. The summed E-state index contributed by atoms with van der Waals surface area (Å²) in [6.07, 6.45) is 1.99. The van der Waals surface area contributed by atoms with Crippen molar-refractivity contribution in [1.29, 1.82) is 0 Å². The van der Waals surface area contributed by atoms with Crippen molar-refractivity contribution in [1.82, 2.24) is 0 Å². The van der Waals surface area contributed by atoms with Gasteiger partial charge in [0, 0.05) is 22.5 Å². The van der Waals surface area contributed by atoms with Crippen LogP contribution in [0.5, 0.6) is 0 Å². The molecule has 12 aromatic carbocycles. The van der Waals surface area contributed by atoms with Crippen molar-refractivity contribution >= 4 is 17.1 Å². The molecule has 0 fully saturated rings. The van der Waals surface area contributed by atoms with E-state index in [2.05, 4.69) is 327 Å².